The fraction of sp³-hybridized carbons (Fsp3) is 0.227. The molecule has 146 valence electrons. The van der Waals surface area contributed by atoms with Crippen LogP contribution >= 0.6 is 11.3 Å². The summed E-state index contributed by atoms with van der Waals surface area (Å²) < 4.78 is 11.3. The summed E-state index contributed by atoms with van der Waals surface area (Å²) in [6.07, 6.45) is 0. The van der Waals surface area contributed by atoms with E-state index in [4.69, 9.17) is 9.47 Å². The summed E-state index contributed by atoms with van der Waals surface area (Å²) in [4.78, 5) is 12.6. The molecule has 1 amide bonds. The Kier molecular flexibility index (Phi) is 7.46. The van der Waals surface area contributed by atoms with Crippen molar-refractivity contribution in [2.75, 3.05) is 20.2 Å². The number of thiophene rings is 1. The largest absolute Gasteiger partial charge is 0.493 e. The lowest BCUT2D eigenvalue weighted by molar-refractivity contribution is 0.0958. The SMILES string of the molecule is COc1cc(CNCCNC(=O)c2cccs2)ccc1OCc1ccccc1. The van der Waals surface area contributed by atoms with E-state index in [9.17, 15) is 4.79 Å². The van der Waals surface area contributed by atoms with E-state index < -0.39 is 0 Å². The zero-order valence-electron chi connectivity index (χ0n) is 15.8. The van der Waals surface area contributed by atoms with Gasteiger partial charge in [-0.3, -0.25) is 4.79 Å². The molecule has 0 aliphatic carbocycles. The zero-order valence-corrected chi connectivity index (χ0v) is 16.6. The van der Waals surface area contributed by atoms with E-state index in [0.717, 1.165) is 21.8 Å². The molecule has 5 nitrogen and oxygen atoms in total. The number of benzene rings is 2. The van der Waals surface area contributed by atoms with Crippen molar-refractivity contribution in [1.29, 1.82) is 0 Å². The maximum atomic E-state index is 11.9. The molecule has 0 unspecified atom stereocenters. The van der Waals surface area contributed by atoms with Gasteiger partial charge in [-0.15, -0.1) is 11.3 Å². The second-order valence-electron chi connectivity index (χ2n) is 6.17. The molecular formula is C22H24N2O3S. The highest BCUT2D eigenvalue weighted by atomic mass is 32.1. The quantitative estimate of drug-likeness (QED) is 0.511. The van der Waals surface area contributed by atoms with Crippen LogP contribution in [0.3, 0.4) is 0 Å². The van der Waals surface area contributed by atoms with Gasteiger partial charge >= 0.3 is 0 Å². The van der Waals surface area contributed by atoms with Crippen LogP contribution in [0.2, 0.25) is 0 Å². The summed E-state index contributed by atoms with van der Waals surface area (Å²) >= 11 is 1.44. The number of amides is 1. The maximum Gasteiger partial charge on any atom is 0.261 e. The van der Waals surface area contributed by atoms with Gasteiger partial charge in [0.05, 0.1) is 12.0 Å². The molecule has 0 saturated heterocycles. The zero-order chi connectivity index (χ0) is 19.6. The molecule has 6 heteroatoms. The Balaban J connectivity index is 1.43. The smallest absolute Gasteiger partial charge is 0.261 e. The Morgan fingerprint density at radius 2 is 1.82 bits per heavy atom. The highest BCUT2D eigenvalue weighted by Gasteiger charge is 2.07. The fourth-order valence-electron chi connectivity index (χ4n) is 2.67. The third-order valence-corrected chi connectivity index (χ3v) is 5.00. The van der Waals surface area contributed by atoms with Crippen molar-refractivity contribution in [3.63, 3.8) is 0 Å². The predicted octanol–water partition coefficient (Wildman–Crippen LogP) is 3.86. The molecule has 3 aromatic rings. The normalized spacial score (nSPS) is 10.5. The minimum absolute atomic E-state index is 0.0293. The summed E-state index contributed by atoms with van der Waals surface area (Å²) in [5.74, 6) is 1.40. The molecule has 0 saturated carbocycles. The molecule has 0 spiro atoms. The number of nitrogens with one attached hydrogen (secondary N) is 2. The van der Waals surface area contributed by atoms with E-state index in [-0.39, 0.29) is 5.91 Å². The molecule has 2 N–H and O–H groups in total. The number of carbonyl (C=O) groups is 1. The third-order valence-electron chi connectivity index (χ3n) is 4.13. The fourth-order valence-corrected chi connectivity index (χ4v) is 3.31. The summed E-state index contributed by atoms with van der Waals surface area (Å²) in [6.45, 7) is 2.45. The molecule has 1 aromatic heterocycles. The van der Waals surface area contributed by atoms with Gasteiger partial charge in [0, 0.05) is 19.6 Å². The molecule has 2 aromatic carbocycles. The first kappa shape index (κ1) is 19.9. The number of methoxy groups -OCH3 is 1. The summed E-state index contributed by atoms with van der Waals surface area (Å²) in [5.41, 5.74) is 2.20. The number of ether oxygens (including phenoxy) is 2. The molecule has 3 rings (SSSR count). The van der Waals surface area contributed by atoms with Gasteiger partial charge in [-0.2, -0.15) is 0 Å². The number of hydrogen-bond acceptors (Lipinski definition) is 5. The Bertz CT molecular complexity index is 867. The monoisotopic (exact) mass is 396 g/mol. The molecule has 0 radical (unpaired) electrons. The van der Waals surface area contributed by atoms with Gasteiger partial charge in [0.15, 0.2) is 11.5 Å². The van der Waals surface area contributed by atoms with Crippen LogP contribution in [0.15, 0.2) is 66.0 Å². The first-order valence-corrected chi connectivity index (χ1v) is 10.0. The maximum absolute atomic E-state index is 11.9. The van der Waals surface area contributed by atoms with Crippen molar-refractivity contribution in [2.45, 2.75) is 13.2 Å². The first-order valence-electron chi connectivity index (χ1n) is 9.12. The first-order chi connectivity index (χ1) is 13.8. The van der Waals surface area contributed by atoms with Gasteiger partial charge < -0.3 is 20.1 Å². The van der Waals surface area contributed by atoms with Gasteiger partial charge in [-0.1, -0.05) is 42.5 Å². The van der Waals surface area contributed by atoms with Crippen LogP contribution in [0.1, 0.15) is 20.8 Å². The summed E-state index contributed by atoms with van der Waals surface area (Å²) in [6, 6.07) is 19.6. The molecule has 0 aliphatic rings. The van der Waals surface area contributed by atoms with Crippen LogP contribution in [0.25, 0.3) is 0 Å². The molecule has 0 atom stereocenters. The minimum atomic E-state index is -0.0293. The lowest BCUT2D eigenvalue weighted by atomic mass is 10.2. The molecule has 1 heterocycles. The summed E-state index contributed by atoms with van der Waals surface area (Å²) in [5, 5.41) is 8.12. The van der Waals surface area contributed by atoms with Crippen molar-refractivity contribution in [1.82, 2.24) is 10.6 Å². The molecule has 0 fully saturated rings. The van der Waals surface area contributed by atoms with Gasteiger partial charge in [-0.05, 0) is 34.7 Å². The van der Waals surface area contributed by atoms with Crippen LogP contribution in [0.5, 0.6) is 11.5 Å². The van der Waals surface area contributed by atoms with E-state index in [1.807, 2.05) is 66.0 Å². The Labute approximate surface area is 169 Å². The molecule has 0 bridgehead atoms. The number of rotatable bonds is 10. The van der Waals surface area contributed by atoms with E-state index in [1.165, 1.54) is 11.3 Å². The average Bonchev–Trinajstić information content (AvgIpc) is 3.28. The second-order valence-corrected chi connectivity index (χ2v) is 7.12. The van der Waals surface area contributed by atoms with Gasteiger partial charge in [0.2, 0.25) is 0 Å². The van der Waals surface area contributed by atoms with Crippen molar-refractivity contribution in [3.05, 3.63) is 82.0 Å². The van der Waals surface area contributed by atoms with Gasteiger partial charge in [0.1, 0.15) is 6.61 Å². The standard InChI is InChI=1S/C22H24N2O3S/c1-26-20-14-18(9-10-19(20)27-16-17-6-3-2-4-7-17)15-23-11-12-24-22(25)21-8-5-13-28-21/h2-10,13-14,23H,11-12,15-16H2,1H3,(H,24,25). The van der Waals surface area contributed by atoms with E-state index in [0.29, 0.717) is 32.0 Å². The second kappa shape index (κ2) is 10.5. The van der Waals surface area contributed by atoms with E-state index in [1.54, 1.807) is 7.11 Å². The van der Waals surface area contributed by atoms with E-state index >= 15 is 0 Å². The van der Waals surface area contributed by atoms with Crippen molar-refractivity contribution in [2.24, 2.45) is 0 Å². The lowest BCUT2D eigenvalue weighted by Gasteiger charge is -2.13. The topological polar surface area (TPSA) is 59.6 Å². The van der Waals surface area contributed by atoms with Crippen LogP contribution < -0.4 is 20.1 Å². The van der Waals surface area contributed by atoms with Crippen molar-refractivity contribution >= 4 is 17.2 Å². The minimum Gasteiger partial charge on any atom is -0.493 e. The Morgan fingerprint density at radius 1 is 0.964 bits per heavy atom. The summed E-state index contributed by atoms with van der Waals surface area (Å²) in [7, 11) is 1.64. The van der Waals surface area contributed by atoms with Crippen LogP contribution in [0.4, 0.5) is 0 Å². The highest BCUT2D eigenvalue weighted by Crippen LogP contribution is 2.28. The molecule has 0 aliphatic heterocycles. The molecule has 28 heavy (non-hydrogen) atoms. The number of carbonyl (C=O) groups excluding carboxylic acids is 1. The molecular weight excluding hydrogens is 372 g/mol. The van der Waals surface area contributed by atoms with Crippen molar-refractivity contribution in [3.8, 4) is 11.5 Å². The highest BCUT2D eigenvalue weighted by molar-refractivity contribution is 7.12. The van der Waals surface area contributed by atoms with Gasteiger partial charge in [0.25, 0.3) is 5.91 Å². The Hall–Kier alpha value is -2.83. The lowest BCUT2D eigenvalue weighted by Crippen LogP contribution is -2.31. The van der Waals surface area contributed by atoms with Gasteiger partial charge in [-0.25, -0.2) is 0 Å². The number of hydrogen-bond donors (Lipinski definition) is 2. The van der Waals surface area contributed by atoms with E-state index in [2.05, 4.69) is 10.6 Å². The average molecular weight is 397 g/mol. The van der Waals surface area contributed by atoms with Crippen LogP contribution in [-0.4, -0.2) is 26.1 Å². The predicted molar refractivity (Wildman–Crippen MR) is 112 cm³/mol. The Morgan fingerprint density at radius 3 is 2.57 bits per heavy atom. The van der Waals surface area contributed by atoms with Crippen LogP contribution in [0, 0.1) is 0 Å². The van der Waals surface area contributed by atoms with Crippen LogP contribution in [-0.2, 0) is 13.2 Å². The van der Waals surface area contributed by atoms with Crippen molar-refractivity contribution < 1.29 is 14.3 Å². The third kappa shape index (κ3) is 5.84.